The van der Waals surface area contributed by atoms with Crippen LogP contribution in [0.2, 0.25) is 10.0 Å². The Hall–Kier alpha value is -1.76. The van der Waals surface area contributed by atoms with Crippen molar-refractivity contribution in [1.82, 2.24) is 0 Å². The normalized spacial score (nSPS) is 10.5. The summed E-state index contributed by atoms with van der Waals surface area (Å²) in [6.45, 7) is 0. The van der Waals surface area contributed by atoms with E-state index in [-0.39, 0.29) is 0 Å². The molecule has 3 aromatic rings. The second-order valence-corrected chi connectivity index (χ2v) is 5.41. The van der Waals surface area contributed by atoms with Crippen molar-refractivity contribution >= 4 is 23.2 Å². The van der Waals surface area contributed by atoms with Crippen LogP contribution >= 0.6 is 23.2 Å². The van der Waals surface area contributed by atoms with Crippen molar-refractivity contribution in [2.75, 3.05) is 0 Å². The van der Waals surface area contributed by atoms with E-state index in [9.17, 15) is 0 Å². The van der Waals surface area contributed by atoms with Gasteiger partial charge >= 0.3 is 0 Å². The lowest BCUT2D eigenvalue weighted by molar-refractivity contribution is 1.59. The first-order valence-electron chi connectivity index (χ1n) is 6.35. The molecular weight excluding hydrogens is 287 g/mol. The van der Waals surface area contributed by atoms with E-state index in [0.717, 1.165) is 32.3 Å². The van der Waals surface area contributed by atoms with Gasteiger partial charge in [0.1, 0.15) is 0 Å². The van der Waals surface area contributed by atoms with Crippen LogP contribution in [0.3, 0.4) is 0 Å². The van der Waals surface area contributed by atoms with Gasteiger partial charge in [0, 0.05) is 15.6 Å². The molecule has 0 aromatic heterocycles. The molecule has 20 heavy (non-hydrogen) atoms. The summed E-state index contributed by atoms with van der Waals surface area (Å²) < 4.78 is 0. The molecule has 0 N–H and O–H groups in total. The van der Waals surface area contributed by atoms with Gasteiger partial charge in [-0.1, -0.05) is 77.8 Å². The minimum Gasteiger partial charge on any atom is -0.0843 e. The predicted octanol–water partition coefficient (Wildman–Crippen LogP) is 6.33. The fourth-order valence-electron chi connectivity index (χ4n) is 2.18. The molecule has 0 nitrogen and oxygen atoms in total. The zero-order chi connectivity index (χ0) is 13.9. The van der Waals surface area contributed by atoms with Gasteiger partial charge < -0.3 is 0 Å². The number of halogens is 2. The molecule has 3 aromatic carbocycles. The van der Waals surface area contributed by atoms with Gasteiger partial charge in [-0.15, -0.1) is 0 Å². The highest BCUT2D eigenvalue weighted by molar-refractivity contribution is 6.33. The molecule has 0 radical (unpaired) electrons. The topological polar surface area (TPSA) is 0 Å². The SMILES string of the molecule is Clc1ccc(-c2ccc(-c3ccccc3Cl)cc2)cc1. The number of hydrogen-bond acceptors (Lipinski definition) is 0. The van der Waals surface area contributed by atoms with E-state index >= 15 is 0 Å². The van der Waals surface area contributed by atoms with E-state index in [1.165, 1.54) is 0 Å². The van der Waals surface area contributed by atoms with Crippen molar-refractivity contribution in [3.63, 3.8) is 0 Å². The molecule has 0 unspecified atom stereocenters. The summed E-state index contributed by atoms with van der Waals surface area (Å²) in [5, 5.41) is 1.52. The highest BCUT2D eigenvalue weighted by Gasteiger charge is 2.03. The van der Waals surface area contributed by atoms with Crippen LogP contribution in [0, 0.1) is 0 Å². The smallest absolute Gasteiger partial charge is 0.0484 e. The van der Waals surface area contributed by atoms with E-state index in [0.29, 0.717) is 0 Å². The molecule has 3 rings (SSSR count). The molecule has 0 fully saturated rings. The Morgan fingerprint density at radius 1 is 0.500 bits per heavy atom. The molecule has 0 atom stereocenters. The van der Waals surface area contributed by atoms with Crippen molar-refractivity contribution in [2.45, 2.75) is 0 Å². The van der Waals surface area contributed by atoms with Crippen LogP contribution in [0.25, 0.3) is 22.3 Å². The molecule has 0 saturated heterocycles. The maximum absolute atomic E-state index is 6.22. The van der Waals surface area contributed by atoms with E-state index in [1.807, 2.05) is 48.5 Å². The van der Waals surface area contributed by atoms with Crippen LogP contribution in [0.1, 0.15) is 0 Å². The summed E-state index contributed by atoms with van der Waals surface area (Å²) in [6, 6.07) is 24.1. The maximum atomic E-state index is 6.22. The van der Waals surface area contributed by atoms with Gasteiger partial charge in [0.05, 0.1) is 0 Å². The molecule has 0 bridgehead atoms. The standard InChI is InChI=1S/C18H12Cl2/c19-16-11-9-14(10-12-16)13-5-7-15(8-6-13)17-3-1-2-4-18(17)20/h1-12H. The van der Waals surface area contributed by atoms with Crippen molar-refractivity contribution < 1.29 is 0 Å². The van der Waals surface area contributed by atoms with Crippen molar-refractivity contribution in [1.29, 1.82) is 0 Å². The second kappa shape index (κ2) is 5.70. The molecule has 0 amide bonds. The Morgan fingerprint density at radius 2 is 1.00 bits per heavy atom. The fraction of sp³-hybridized carbons (Fsp3) is 0. The minimum atomic E-state index is 0.751. The van der Waals surface area contributed by atoms with Crippen LogP contribution in [-0.2, 0) is 0 Å². The summed E-state index contributed by atoms with van der Waals surface area (Å²) in [7, 11) is 0. The van der Waals surface area contributed by atoms with Crippen molar-refractivity contribution in [3.05, 3.63) is 82.8 Å². The van der Waals surface area contributed by atoms with Crippen LogP contribution in [0.15, 0.2) is 72.8 Å². The highest BCUT2D eigenvalue weighted by Crippen LogP contribution is 2.29. The molecule has 2 heteroatoms. The maximum Gasteiger partial charge on any atom is 0.0484 e. The first-order chi connectivity index (χ1) is 9.74. The van der Waals surface area contributed by atoms with Gasteiger partial charge in [-0.25, -0.2) is 0 Å². The summed E-state index contributed by atoms with van der Waals surface area (Å²) in [5.74, 6) is 0. The van der Waals surface area contributed by atoms with E-state index < -0.39 is 0 Å². The van der Waals surface area contributed by atoms with Gasteiger partial charge in [-0.2, -0.15) is 0 Å². The van der Waals surface area contributed by atoms with Crippen LogP contribution in [0.4, 0.5) is 0 Å². The van der Waals surface area contributed by atoms with Crippen LogP contribution in [-0.4, -0.2) is 0 Å². The lowest BCUT2D eigenvalue weighted by Crippen LogP contribution is -1.81. The molecule has 0 spiro atoms. The molecule has 0 saturated carbocycles. The van der Waals surface area contributed by atoms with E-state index in [4.69, 9.17) is 23.2 Å². The largest absolute Gasteiger partial charge is 0.0843 e. The Morgan fingerprint density at radius 3 is 1.60 bits per heavy atom. The summed E-state index contributed by atoms with van der Waals surface area (Å²) in [6.07, 6.45) is 0. The minimum absolute atomic E-state index is 0.751. The summed E-state index contributed by atoms with van der Waals surface area (Å²) in [5.41, 5.74) is 4.49. The molecular formula is C18H12Cl2. The monoisotopic (exact) mass is 298 g/mol. The first kappa shape index (κ1) is 13.2. The number of benzene rings is 3. The molecule has 0 aliphatic rings. The first-order valence-corrected chi connectivity index (χ1v) is 7.10. The zero-order valence-corrected chi connectivity index (χ0v) is 12.2. The number of rotatable bonds is 2. The average Bonchev–Trinajstić information content (AvgIpc) is 2.49. The summed E-state index contributed by atoms with van der Waals surface area (Å²) >= 11 is 12.1. The van der Waals surface area contributed by atoms with Crippen LogP contribution in [0.5, 0.6) is 0 Å². The van der Waals surface area contributed by atoms with Gasteiger partial charge in [-0.05, 0) is 34.9 Å². The molecule has 0 aliphatic carbocycles. The summed E-state index contributed by atoms with van der Waals surface area (Å²) in [4.78, 5) is 0. The van der Waals surface area contributed by atoms with Crippen LogP contribution < -0.4 is 0 Å². The van der Waals surface area contributed by atoms with Gasteiger partial charge in [-0.3, -0.25) is 0 Å². The Labute approximate surface area is 128 Å². The molecule has 0 aliphatic heterocycles. The number of hydrogen-bond donors (Lipinski definition) is 0. The van der Waals surface area contributed by atoms with Crippen molar-refractivity contribution in [3.8, 4) is 22.3 Å². The molecule has 98 valence electrons. The zero-order valence-electron chi connectivity index (χ0n) is 10.7. The molecule has 0 heterocycles. The fourth-order valence-corrected chi connectivity index (χ4v) is 2.55. The Balaban J connectivity index is 1.96. The predicted molar refractivity (Wildman–Crippen MR) is 87.3 cm³/mol. The van der Waals surface area contributed by atoms with E-state index in [2.05, 4.69) is 24.3 Å². The van der Waals surface area contributed by atoms with Crippen molar-refractivity contribution in [2.24, 2.45) is 0 Å². The lowest BCUT2D eigenvalue weighted by Gasteiger charge is -2.06. The Bertz CT molecular complexity index is 713. The van der Waals surface area contributed by atoms with Gasteiger partial charge in [0.2, 0.25) is 0 Å². The Kier molecular flexibility index (Phi) is 3.77. The van der Waals surface area contributed by atoms with E-state index in [1.54, 1.807) is 0 Å². The third-order valence-corrected chi connectivity index (χ3v) is 3.83. The third kappa shape index (κ3) is 2.72. The lowest BCUT2D eigenvalue weighted by atomic mass is 10.0. The highest BCUT2D eigenvalue weighted by atomic mass is 35.5. The second-order valence-electron chi connectivity index (χ2n) is 4.56. The quantitative estimate of drug-likeness (QED) is 0.519. The average molecular weight is 299 g/mol. The van der Waals surface area contributed by atoms with Gasteiger partial charge in [0.15, 0.2) is 0 Å². The van der Waals surface area contributed by atoms with Gasteiger partial charge in [0.25, 0.3) is 0 Å². The third-order valence-electron chi connectivity index (χ3n) is 3.25.